The Hall–Kier alpha value is -3.63. The summed E-state index contributed by atoms with van der Waals surface area (Å²) in [6.45, 7) is 3.32. The van der Waals surface area contributed by atoms with Gasteiger partial charge in [0.25, 0.3) is 5.91 Å². The third-order valence-corrected chi connectivity index (χ3v) is 9.63. The lowest BCUT2D eigenvalue weighted by atomic mass is 10.2. The number of aromatic nitrogens is 4. The van der Waals surface area contributed by atoms with E-state index in [1.54, 1.807) is 16.1 Å². The normalized spacial score (nSPS) is 14.1. The summed E-state index contributed by atoms with van der Waals surface area (Å²) in [4.78, 5) is 29.5. The quantitative estimate of drug-likeness (QED) is 0.258. The van der Waals surface area contributed by atoms with Crippen LogP contribution in [-0.4, -0.2) is 76.3 Å². The molecule has 0 spiro atoms. The molecule has 0 atom stereocenters. The van der Waals surface area contributed by atoms with Crippen molar-refractivity contribution in [1.29, 1.82) is 0 Å². The van der Waals surface area contributed by atoms with E-state index in [4.69, 9.17) is 4.74 Å². The Labute approximate surface area is 245 Å². The van der Waals surface area contributed by atoms with Gasteiger partial charge < -0.3 is 15.4 Å². The standard InChI is InChI=1S/C26H27N7O5S3/c1-18-3-2-4-20(15-18)33-22(30-31-26(33)40-17-23(34)29-25-27-9-14-39-25)16-28-24(35)19-5-7-21(8-6-19)41(36,37)32-10-12-38-13-11-32/h2-9,14-15H,10-13,16-17H2,1H3,(H,28,35)(H,27,29,34). The predicted octanol–water partition coefficient (Wildman–Crippen LogP) is 2.71. The number of amides is 2. The van der Waals surface area contributed by atoms with Gasteiger partial charge in [0.2, 0.25) is 15.9 Å². The van der Waals surface area contributed by atoms with Crippen molar-refractivity contribution in [2.75, 3.05) is 37.4 Å². The lowest BCUT2D eigenvalue weighted by molar-refractivity contribution is -0.113. The lowest BCUT2D eigenvalue weighted by Crippen LogP contribution is -2.40. The van der Waals surface area contributed by atoms with Crippen molar-refractivity contribution in [1.82, 2.24) is 29.4 Å². The van der Waals surface area contributed by atoms with Gasteiger partial charge in [-0.05, 0) is 48.9 Å². The minimum Gasteiger partial charge on any atom is -0.379 e. The number of aryl methyl sites for hydroxylation is 1. The highest BCUT2D eigenvalue weighted by molar-refractivity contribution is 7.99. The number of nitrogens with zero attached hydrogens (tertiary/aromatic N) is 5. The summed E-state index contributed by atoms with van der Waals surface area (Å²) in [5, 5.41) is 16.9. The van der Waals surface area contributed by atoms with Crippen molar-refractivity contribution in [2.45, 2.75) is 23.5 Å². The van der Waals surface area contributed by atoms with Crippen LogP contribution in [0.3, 0.4) is 0 Å². The van der Waals surface area contributed by atoms with Crippen LogP contribution in [0.25, 0.3) is 5.69 Å². The minimum atomic E-state index is -3.66. The fourth-order valence-electron chi connectivity index (χ4n) is 4.08. The summed E-state index contributed by atoms with van der Waals surface area (Å²) < 4.78 is 34.2. The Morgan fingerprint density at radius 3 is 2.59 bits per heavy atom. The largest absolute Gasteiger partial charge is 0.379 e. The van der Waals surface area contributed by atoms with E-state index < -0.39 is 15.9 Å². The molecule has 2 aromatic carbocycles. The van der Waals surface area contributed by atoms with Crippen LogP contribution in [-0.2, 0) is 26.1 Å². The number of benzene rings is 2. The zero-order valence-electron chi connectivity index (χ0n) is 22.0. The number of carbonyl (C=O) groups excluding carboxylic acids is 2. The van der Waals surface area contributed by atoms with Crippen LogP contribution in [0.4, 0.5) is 5.13 Å². The molecular weight excluding hydrogens is 587 g/mol. The highest BCUT2D eigenvalue weighted by Gasteiger charge is 2.26. The van der Waals surface area contributed by atoms with Crippen molar-refractivity contribution in [3.63, 3.8) is 0 Å². The summed E-state index contributed by atoms with van der Waals surface area (Å²) in [6, 6.07) is 13.6. The molecule has 2 aromatic heterocycles. The van der Waals surface area contributed by atoms with Gasteiger partial charge in [-0.3, -0.25) is 14.2 Å². The van der Waals surface area contributed by atoms with E-state index >= 15 is 0 Å². The summed E-state index contributed by atoms with van der Waals surface area (Å²) in [5.41, 5.74) is 2.12. The third-order valence-electron chi connectivity index (χ3n) is 6.10. The molecule has 0 radical (unpaired) electrons. The molecule has 0 saturated carbocycles. The molecule has 4 aromatic rings. The number of nitrogens with one attached hydrogen (secondary N) is 2. The fourth-order valence-corrected chi connectivity index (χ4v) is 6.80. The zero-order valence-corrected chi connectivity index (χ0v) is 24.5. The van der Waals surface area contributed by atoms with Crippen molar-refractivity contribution < 1.29 is 22.7 Å². The molecule has 2 N–H and O–H groups in total. The van der Waals surface area contributed by atoms with Crippen LogP contribution in [0.15, 0.2) is 70.2 Å². The first-order valence-corrected chi connectivity index (χ1v) is 15.9. The first-order valence-electron chi connectivity index (χ1n) is 12.6. The number of thiazole rings is 1. The van der Waals surface area contributed by atoms with Crippen LogP contribution in [0.5, 0.6) is 0 Å². The highest BCUT2D eigenvalue weighted by Crippen LogP contribution is 2.24. The summed E-state index contributed by atoms with van der Waals surface area (Å²) in [7, 11) is -3.66. The smallest absolute Gasteiger partial charge is 0.251 e. The van der Waals surface area contributed by atoms with E-state index in [0.717, 1.165) is 11.3 Å². The van der Waals surface area contributed by atoms with E-state index in [1.807, 2.05) is 31.2 Å². The molecule has 12 nitrogen and oxygen atoms in total. The van der Waals surface area contributed by atoms with Gasteiger partial charge in [0.05, 0.1) is 30.4 Å². The Morgan fingerprint density at radius 1 is 1.10 bits per heavy atom. The first-order chi connectivity index (χ1) is 19.8. The number of carbonyl (C=O) groups is 2. The first kappa shape index (κ1) is 28.9. The molecule has 1 aliphatic rings. The van der Waals surface area contributed by atoms with Crippen LogP contribution >= 0.6 is 23.1 Å². The maximum Gasteiger partial charge on any atom is 0.251 e. The van der Waals surface area contributed by atoms with Crippen LogP contribution in [0, 0.1) is 6.92 Å². The second-order valence-electron chi connectivity index (χ2n) is 8.97. The molecule has 214 valence electrons. The summed E-state index contributed by atoms with van der Waals surface area (Å²) in [6.07, 6.45) is 1.62. The molecule has 1 saturated heterocycles. The van der Waals surface area contributed by atoms with E-state index in [1.165, 1.54) is 51.7 Å². The van der Waals surface area contributed by atoms with Crippen LogP contribution < -0.4 is 10.6 Å². The molecule has 15 heteroatoms. The van der Waals surface area contributed by atoms with Crippen molar-refractivity contribution in [3.05, 3.63) is 77.1 Å². The molecule has 1 aliphatic heterocycles. The molecule has 3 heterocycles. The van der Waals surface area contributed by atoms with Crippen molar-refractivity contribution in [3.8, 4) is 5.69 Å². The van der Waals surface area contributed by atoms with Crippen molar-refractivity contribution >= 4 is 50.1 Å². The molecular formula is C26H27N7O5S3. The number of hydrogen-bond acceptors (Lipinski definition) is 10. The number of morpholine rings is 1. The number of hydrogen-bond donors (Lipinski definition) is 2. The molecule has 2 amide bonds. The molecule has 1 fully saturated rings. The average Bonchev–Trinajstić information content (AvgIpc) is 3.65. The molecule has 0 unspecified atom stereocenters. The zero-order chi connectivity index (χ0) is 28.8. The third kappa shape index (κ3) is 7.00. The lowest BCUT2D eigenvalue weighted by Gasteiger charge is -2.26. The number of rotatable bonds is 10. The van der Waals surface area contributed by atoms with Crippen molar-refractivity contribution in [2.24, 2.45) is 0 Å². The highest BCUT2D eigenvalue weighted by atomic mass is 32.2. The van der Waals surface area contributed by atoms with Gasteiger partial charge in [0, 0.05) is 35.9 Å². The van der Waals surface area contributed by atoms with Gasteiger partial charge in [-0.2, -0.15) is 4.31 Å². The van der Waals surface area contributed by atoms with Gasteiger partial charge in [-0.15, -0.1) is 21.5 Å². The van der Waals surface area contributed by atoms with E-state index in [2.05, 4.69) is 25.8 Å². The number of thioether (sulfide) groups is 1. The Morgan fingerprint density at radius 2 is 1.88 bits per heavy atom. The fraction of sp³-hybridized carbons (Fsp3) is 0.269. The summed E-state index contributed by atoms with van der Waals surface area (Å²) >= 11 is 2.55. The Balaban J connectivity index is 1.28. The van der Waals surface area contributed by atoms with Crippen LogP contribution in [0.1, 0.15) is 21.7 Å². The van der Waals surface area contributed by atoms with Gasteiger partial charge in [0.1, 0.15) is 0 Å². The molecule has 0 aliphatic carbocycles. The number of ether oxygens (including phenoxy) is 1. The molecule has 5 rings (SSSR count). The Kier molecular flexibility index (Phi) is 9.09. The number of sulfonamides is 1. The second-order valence-corrected chi connectivity index (χ2v) is 12.7. The van der Waals surface area contributed by atoms with Gasteiger partial charge >= 0.3 is 0 Å². The molecule has 0 bridgehead atoms. The Bertz CT molecular complexity index is 1620. The van der Waals surface area contributed by atoms with E-state index in [9.17, 15) is 18.0 Å². The van der Waals surface area contributed by atoms with E-state index in [-0.39, 0.29) is 23.1 Å². The van der Waals surface area contributed by atoms with Gasteiger partial charge in [-0.1, -0.05) is 23.9 Å². The SMILES string of the molecule is Cc1cccc(-n2c(CNC(=O)c3ccc(S(=O)(=O)N4CCOCC4)cc3)nnc2SCC(=O)Nc2nccs2)c1. The summed E-state index contributed by atoms with van der Waals surface area (Å²) in [5.74, 6) is -0.0533. The maximum atomic E-state index is 12.9. The monoisotopic (exact) mass is 613 g/mol. The van der Waals surface area contributed by atoms with Gasteiger partial charge in [0.15, 0.2) is 16.1 Å². The van der Waals surface area contributed by atoms with Crippen LogP contribution in [0.2, 0.25) is 0 Å². The maximum absolute atomic E-state index is 12.9. The molecule has 41 heavy (non-hydrogen) atoms. The average molecular weight is 614 g/mol. The topological polar surface area (TPSA) is 148 Å². The second kappa shape index (κ2) is 12.9. The van der Waals surface area contributed by atoms with E-state index in [0.29, 0.717) is 48.0 Å². The predicted molar refractivity (Wildman–Crippen MR) is 155 cm³/mol. The van der Waals surface area contributed by atoms with Gasteiger partial charge in [-0.25, -0.2) is 13.4 Å². The number of anilines is 1. The minimum absolute atomic E-state index is 0.0550.